The minimum Gasteiger partial charge on any atom is -0.497 e. The van der Waals surface area contributed by atoms with E-state index in [1.54, 1.807) is 21.3 Å². The molecule has 0 aliphatic heterocycles. The Balaban J connectivity index is 0.00000392. The van der Waals surface area contributed by atoms with E-state index in [2.05, 4.69) is 15.6 Å². The lowest BCUT2D eigenvalue weighted by Crippen LogP contribution is -2.31. The average molecular weight is 501 g/mol. The molecule has 2 aromatic carbocycles. The maximum Gasteiger partial charge on any atom is 0.195 e. The van der Waals surface area contributed by atoms with Crippen molar-refractivity contribution in [2.24, 2.45) is 4.99 Å². The number of nitrogens with one attached hydrogen (secondary N) is 2. The van der Waals surface area contributed by atoms with Gasteiger partial charge in [-0.25, -0.2) is 4.99 Å². The number of rotatable bonds is 8. The topological polar surface area (TPSA) is 84.3 Å². The van der Waals surface area contributed by atoms with Crippen LogP contribution in [0.3, 0.4) is 0 Å². The van der Waals surface area contributed by atoms with Crippen LogP contribution in [0, 0.1) is 0 Å². The van der Waals surface area contributed by atoms with Gasteiger partial charge in [-0.2, -0.15) is 0 Å². The van der Waals surface area contributed by atoms with Crippen LogP contribution >= 0.6 is 24.0 Å². The highest BCUT2D eigenvalue weighted by Crippen LogP contribution is 2.29. The molecule has 8 heteroatoms. The molecule has 2 aromatic rings. The molecule has 7 nitrogen and oxygen atoms in total. The first-order valence-electron chi connectivity index (χ1n) is 8.70. The highest BCUT2D eigenvalue weighted by molar-refractivity contribution is 14.0. The molecule has 0 aliphatic rings. The fraction of sp³-hybridized carbons (Fsp3) is 0.350. The first-order valence-corrected chi connectivity index (χ1v) is 8.70. The summed E-state index contributed by atoms with van der Waals surface area (Å²) in [6.07, 6.45) is -0.711. The van der Waals surface area contributed by atoms with Crippen LogP contribution in [-0.2, 0) is 0 Å². The van der Waals surface area contributed by atoms with Crippen molar-refractivity contribution in [2.45, 2.75) is 13.0 Å². The van der Waals surface area contributed by atoms with Crippen LogP contribution in [0.4, 0.5) is 5.69 Å². The van der Waals surface area contributed by atoms with Gasteiger partial charge in [0.05, 0.1) is 34.0 Å². The van der Waals surface area contributed by atoms with Gasteiger partial charge in [-0.15, -0.1) is 24.0 Å². The zero-order valence-corrected chi connectivity index (χ0v) is 18.9. The molecule has 0 fully saturated rings. The minimum absolute atomic E-state index is 0. The van der Waals surface area contributed by atoms with E-state index in [1.807, 2.05) is 49.4 Å². The molecule has 0 bridgehead atoms. The number of hydrogen-bond donors (Lipinski definition) is 3. The molecule has 0 aromatic heterocycles. The monoisotopic (exact) mass is 501 g/mol. The van der Waals surface area contributed by atoms with E-state index < -0.39 is 6.10 Å². The molecular weight excluding hydrogens is 473 g/mol. The van der Waals surface area contributed by atoms with Gasteiger partial charge < -0.3 is 30.0 Å². The predicted octanol–water partition coefficient (Wildman–Crippen LogP) is 3.44. The van der Waals surface area contributed by atoms with Crippen molar-refractivity contribution in [3.8, 4) is 17.2 Å². The summed E-state index contributed by atoms with van der Waals surface area (Å²) >= 11 is 0. The van der Waals surface area contributed by atoms with Crippen LogP contribution in [0.15, 0.2) is 47.5 Å². The van der Waals surface area contributed by atoms with Crippen LogP contribution < -0.4 is 24.8 Å². The summed E-state index contributed by atoms with van der Waals surface area (Å²) in [6.45, 7) is 2.89. The van der Waals surface area contributed by atoms with Crippen LogP contribution in [0.5, 0.6) is 17.2 Å². The second-order valence-electron chi connectivity index (χ2n) is 5.70. The van der Waals surface area contributed by atoms with E-state index in [9.17, 15) is 5.11 Å². The van der Waals surface area contributed by atoms with Gasteiger partial charge >= 0.3 is 0 Å². The Morgan fingerprint density at radius 3 is 2.25 bits per heavy atom. The molecule has 0 amide bonds. The van der Waals surface area contributed by atoms with Crippen molar-refractivity contribution in [1.82, 2.24) is 5.32 Å². The number of methoxy groups -OCH3 is 3. The molecule has 1 unspecified atom stereocenters. The van der Waals surface area contributed by atoms with Gasteiger partial charge in [0, 0.05) is 18.3 Å². The molecule has 154 valence electrons. The van der Waals surface area contributed by atoms with Crippen molar-refractivity contribution in [3.63, 3.8) is 0 Å². The molecule has 0 aliphatic carbocycles. The minimum atomic E-state index is -0.711. The molecule has 0 radical (unpaired) electrons. The third kappa shape index (κ3) is 6.75. The Kier molecular flexibility index (Phi) is 10.5. The second kappa shape index (κ2) is 12.3. The van der Waals surface area contributed by atoms with Gasteiger partial charge in [-0.1, -0.05) is 12.1 Å². The quantitative estimate of drug-likeness (QED) is 0.292. The fourth-order valence-corrected chi connectivity index (χ4v) is 2.47. The van der Waals surface area contributed by atoms with Gasteiger partial charge in [-0.05, 0) is 36.8 Å². The van der Waals surface area contributed by atoms with Crippen LogP contribution in [0.2, 0.25) is 0 Å². The molecule has 1 atom stereocenters. The van der Waals surface area contributed by atoms with E-state index in [4.69, 9.17) is 14.2 Å². The van der Waals surface area contributed by atoms with Crippen molar-refractivity contribution in [3.05, 3.63) is 48.0 Å². The number of benzene rings is 2. The summed E-state index contributed by atoms with van der Waals surface area (Å²) in [5.74, 6) is 2.59. The van der Waals surface area contributed by atoms with E-state index >= 15 is 0 Å². The smallest absolute Gasteiger partial charge is 0.195 e. The molecule has 0 saturated heterocycles. The lowest BCUT2D eigenvalue weighted by atomic mass is 10.1. The number of aliphatic imine (C=N–C) groups is 1. The number of guanidine groups is 1. The normalized spacial score (nSPS) is 11.8. The number of aliphatic hydroxyl groups excluding tert-OH is 1. The van der Waals surface area contributed by atoms with E-state index in [-0.39, 0.29) is 30.5 Å². The van der Waals surface area contributed by atoms with Crippen LogP contribution in [-0.4, -0.2) is 45.5 Å². The lowest BCUT2D eigenvalue weighted by molar-refractivity contribution is 0.187. The zero-order valence-electron chi connectivity index (χ0n) is 16.6. The van der Waals surface area contributed by atoms with Gasteiger partial charge in [0.1, 0.15) is 5.75 Å². The predicted molar refractivity (Wildman–Crippen MR) is 123 cm³/mol. The zero-order chi connectivity index (χ0) is 19.6. The molecule has 0 saturated carbocycles. The Bertz CT molecular complexity index is 754. The SMILES string of the molecule is CCNC(=NCC(O)c1ccc(OC)cc1)Nc1ccc(OC)c(OC)c1.I. The van der Waals surface area contributed by atoms with Crippen molar-refractivity contribution in [2.75, 3.05) is 39.7 Å². The molecule has 3 N–H and O–H groups in total. The van der Waals surface area contributed by atoms with Gasteiger partial charge in [0.2, 0.25) is 0 Å². The second-order valence-corrected chi connectivity index (χ2v) is 5.70. The lowest BCUT2D eigenvalue weighted by Gasteiger charge is -2.15. The highest BCUT2D eigenvalue weighted by atomic mass is 127. The van der Waals surface area contributed by atoms with Gasteiger partial charge in [0.15, 0.2) is 17.5 Å². The van der Waals surface area contributed by atoms with Crippen molar-refractivity contribution >= 4 is 35.6 Å². The van der Waals surface area contributed by atoms with Crippen molar-refractivity contribution in [1.29, 1.82) is 0 Å². The Labute approximate surface area is 183 Å². The summed E-state index contributed by atoms with van der Waals surface area (Å²) in [5, 5.41) is 16.7. The molecule has 28 heavy (non-hydrogen) atoms. The number of halogens is 1. The maximum absolute atomic E-state index is 10.4. The van der Waals surface area contributed by atoms with E-state index in [0.717, 1.165) is 17.0 Å². The van der Waals surface area contributed by atoms with Gasteiger partial charge in [-0.3, -0.25) is 0 Å². The molecular formula is C20H28IN3O4. The fourth-order valence-electron chi connectivity index (χ4n) is 2.47. The molecule has 0 heterocycles. The summed E-state index contributed by atoms with van der Waals surface area (Å²) < 4.78 is 15.7. The summed E-state index contributed by atoms with van der Waals surface area (Å²) in [6, 6.07) is 12.8. The number of ether oxygens (including phenoxy) is 3. The summed E-state index contributed by atoms with van der Waals surface area (Å²) in [7, 11) is 4.79. The maximum atomic E-state index is 10.4. The molecule has 0 spiro atoms. The number of hydrogen-bond acceptors (Lipinski definition) is 5. The number of aliphatic hydroxyl groups is 1. The summed E-state index contributed by atoms with van der Waals surface area (Å²) in [5.41, 5.74) is 1.58. The number of anilines is 1. The largest absolute Gasteiger partial charge is 0.497 e. The van der Waals surface area contributed by atoms with E-state index in [0.29, 0.717) is 24.0 Å². The van der Waals surface area contributed by atoms with Crippen LogP contribution in [0.25, 0.3) is 0 Å². The van der Waals surface area contributed by atoms with Gasteiger partial charge in [0.25, 0.3) is 0 Å². The third-order valence-electron chi connectivity index (χ3n) is 3.91. The Morgan fingerprint density at radius 1 is 1.00 bits per heavy atom. The van der Waals surface area contributed by atoms with Crippen molar-refractivity contribution < 1.29 is 19.3 Å². The average Bonchev–Trinajstić information content (AvgIpc) is 2.71. The molecule has 2 rings (SSSR count). The standard InChI is InChI=1S/C20H27N3O4.HI/c1-5-21-20(23-15-8-11-18(26-3)19(12-15)27-4)22-13-17(24)14-6-9-16(25-2)10-7-14;/h6-12,17,24H,5,13H2,1-4H3,(H2,21,22,23);1H. The first-order chi connectivity index (χ1) is 13.1. The Morgan fingerprint density at radius 2 is 1.68 bits per heavy atom. The third-order valence-corrected chi connectivity index (χ3v) is 3.91. The highest BCUT2D eigenvalue weighted by Gasteiger charge is 2.09. The number of nitrogens with zero attached hydrogens (tertiary/aromatic N) is 1. The van der Waals surface area contributed by atoms with E-state index in [1.165, 1.54) is 0 Å². The Hall–Kier alpha value is -2.20. The first kappa shape index (κ1) is 23.8. The van der Waals surface area contributed by atoms with Crippen LogP contribution in [0.1, 0.15) is 18.6 Å². The summed E-state index contributed by atoms with van der Waals surface area (Å²) in [4.78, 5) is 4.47.